The number of aryl methyl sites for hydroxylation is 1. The third-order valence-electron chi connectivity index (χ3n) is 5.13. The lowest BCUT2D eigenvalue weighted by molar-refractivity contribution is 0.0934. The molecule has 0 aliphatic heterocycles. The zero-order chi connectivity index (χ0) is 22.9. The first-order valence-corrected chi connectivity index (χ1v) is 10.5. The average Bonchev–Trinajstić information content (AvgIpc) is 2.76. The van der Waals surface area contributed by atoms with Crippen molar-refractivity contribution in [2.24, 2.45) is 0 Å². The Labute approximate surface area is 186 Å². The van der Waals surface area contributed by atoms with Crippen LogP contribution in [0.25, 0.3) is 0 Å². The van der Waals surface area contributed by atoms with E-state index in [1.165, 1.54) is 17.7 Å². The first-order chi connectivity index (χ1) is 15.4. The van der Waals surface area contributed by atoms with Crippen LogP contribution in [0.2, 0.25) is 0 Å². The van der Waals surface area contributed by atoms with Gasteiger partial charge in [-0.15, -0.1) is 0 Å². The molecular formula is C26H26F2N2O2. The smallest absolute Gasteiger partial charge is 0.251 e. The van der Waals surface area contributed by atoms with Gasteiger partial charge in [0.2, 0.25) is 0 Å². The van der Waals surface area contributed by atoms with Crippen molar-refractivity contribution in [3.8, 4) is 0 Å². The van der Waals surface area contributed by atoms with Crippen LogP contribution in [0.4, 0.5) is 8.78 Å². The molecule has 1 amide bonds. The number of rotatable bonds is 10. The number of benzene rings is 3. The minimum atomic E-state index is -0.646. The predicted octanol–water partition coefficient (Wildman–Crippen LogP) is 4.61. The normalized spacial score (nSPS) is 11.7. The van der Waals surface area contributed by atoms with Crippen molar-refractivity contribution in [2.75, 3.05) is 6.54 Å². The first kappa shape index (κ1) is 23.3. The number of nitrogens with one attached hydrogen (secondary N) is 2. The van der Waals surface area contributed by atoms with Gasteiger partial charge in [0.15, 0.2) is 0 Å². The number of hydrogen-bond acceptors (Lipinski definition) is 3. The van der Waals surface area contributed by atoms with Crippen molar-refractivity contribution in [3.63, 3.8) is 0 Å². The summed E-state index contributed by atoms with van der Waals surface area (Å²) < 4.78 is 27.3. The molecule has 0 fully saturated rings. The molecule has 0 bridgehead atoms. The summed E-state index contributed by atoms with van der Waals surface area (Å²) in [6.07, 6.45) is 1.57. The molecule has 6 heteroatoms. The average molecular weight is 437 g/mol. The number of carbonyl (C=O) groups excluding carboxylic acids is 2. The SMILES string of the molecule is Cc1cccc(CNCCC(Cc2cc(F)cc(F)c2)NC(=O)c2ccc(C=O)cc2)c1. The minimum Gasteiger partial charge on any atom is -0.349 e. The van der Waals surface area contributed by atoms with Gasteiger partial charge in [0.1, 0.15) is 17.9 Å². The van der Waals surface area contributed by atoms with Gasteiger partial charge in [0.25, 0.3) is 5.91 Å². The number of halogens is 2. The molecule has 166 valence electrons. The highest BCUT2D eigenvalue weighted by Crippen LogP contribution is 2.13. The summed E-state index contributed by atoms with van der Waals surface area (Å²) in [5.74, 6) is -1.60. The Bertz CT molecular complexity index is 1050. The highest BCUT2D eigenvalue weighted by molar-refractivity contribution is 5.95. The summed E-state index contributed by atoms with van der Waals surface area (Å²) >= 11 is 0. The molecule has 3 aromatic rings. The van der Waals surface area contributed by atoms with E-state index >= 15 is 0 Å². The molecule has 0 saturated heterocycles. The van der Waals surface area contributed by atoms with E-state index < -0.39 is 11.6 Å². The van der Waals surface area contributed by atoms with Crippen molar-refractivity contribution in [1.82, 2.24) is 10.6 Å². The van der Waals surface area contributed by atoms with Gasteiger partial charge in [0, 0.05) is 29.8 Å². The van der Waals surface area contributed by atoms with E-state index in [2.05, 4.69) is 16.7 Å². The molecule has 2 N–H and O–H groups in total. The Morgan fingerprint density at radius 3 is 2.34 bits per heavy atom. The van der Waals surface area contributed by atoms with Crippen molar-refractivity contribution in [3.05, 3.63) is 106 Å². The minimum absolute atomic E-state index is 0.291. The Morgan fingerprint density at radius 2 is 1.69 bits per heavy atom. The van der Waals surface area contributed by atoms with Gasteiger partial charge in [-0.2, -0.15) is 0 Å². The Kier molecular flexibility index (Phi) is 8.22. The first-order valence-electron chi connectivity index (χ1n) is 10.5. The molecule has 0 aromatic heterocycles. The van der Waals surface area contributed by atoms with E-state index in [4.69, 9.17) is 0 Å². The monoisotopic (exact) mass is 436 g/mol. The molecule has 1 unspecified atom stereocenters. The van der Waals surface area contributed by atoms with Gasteiger partial charge in [0.05, 0.1) is 0 Å². The summed E-state index contributed by atoms with van der Waals surface area (Å²) in [6.45, 7) is 3.33. The predicted molar refractivity (Wildman–Crippen MR) is 121 cm³/mol. The maximum Gasteiger partial charge on any atom is 0.251 e. The molecular weight excluding hydrogens is 410 g/mol. The molecule has 4 nitrogen and oxygen atoms in total. The molecule has 0 spiro atoms. The van der Waals surface area contributed by atoms with Crippen LogP contribution in [-0.2, 0) is 13.0 Å². The quantitative estimate of drug-likeness (QED) is 0.361. The van der Waals surface area contributed by atoms with Crippen LogP contribution in [0.1, 0.15) is 43.8 Å². The second-order valence-electron chi connectivity index (χ2n) is 7.85. The van der Waals surface area contributed by atoms with Crippen LogP contribution in [0.15, 0.2) is 66.7 Å². The lowest BCUT2D eigenvalue weighted by Crippen LogP contribution is -2.38. The van der Waals surface area contributed by atoms with E-state index in [9.17, 15) is 18.4 Å². The number of aldehydes is 1. The number of hydrogen-bond donors (Lipinski definition) is 2. The molecule has 3 aromatic carbocycles. The van der Waals surface area contributed by atoms with Gasteiger partial charge in [-0.25, -0.2) is 8.78 Å². The van der Waals surface area contributed by atoms with Crippen LogP contribution in [0.3, 0.4) is 0 Å². The summed E-state index contributed by atoms with van der Waals surface area (Å²) in [7, 11) is 0. The maximum absolute atomic E-state index is 13.6. The van der Waals surface area contributed by atoms with Crippen molar-refractivity contribution < 1.29 is 18.4 Å². The molecule has 32 heavy (non-hydrogen) atoms. The molecule has 0 aliphatic rings. The Balaban J connectivity index is 1.65. The van der Waals surface area contributed by atoms with Crippen LogP contribution < -0.4 is 10.6 Å². The third-order valence-corrected chi connectivity index (χ3v) is 5.13. The molecule has 0 aliphatic carbocycles. The zero-order valence-electron chi connectivity index (χ0n) is 17.9. The molecule has 1 atom stereocenters. The standard InChI is InChI=1S/C26H26F2N2O2/c1-18-3-2-4-20(11-18)16-29-10-9-25(14-21-12-23(27)15-24(28)13-21)30-26(32)22-7-5-19(17-31)6-8-22/h2-8,11-13,15,17,25,29H,9-10,14,16H2,1H3,(H,30,32). The molecule has 3 rings (SSSR count). The number of carbonyl (C=O) groups is 2. The van der Waals surface area contributed by atoms with Crippen molar-refractivity contribution in [2.45, 2.75) is 32.4 Å². The second kappa shape index (κ2) is 11.3. The lowest BCUT2D eigenvalue weighted by atomic mass is 10.0. The highest BCUT2D eigenvalue weighted by Gasteiger charge is 2.16. The summed E-state index contributed by atoms with van der Waals surface area (Å²) in [5, 5.41) is 6.31. The Morgan fingerprint density at radius 1 is 0.969 bits per heavy atom. The fraction of sp³-hybridized carbons (Fsp3) is 0.231. The fourth-order valence-corrected chi connectivity index (χ4v) is 3.55. The van der Waals surface area contributed by atoms with E-state index in [0.29, 0.717) is 48.9 Å². The topological polar surface area (TPSA) is 58.2 Å². The zero-order valence-corrected chi connectivity index (χ0v) is 17.9. The van der Waals surface area contributed by atoms with Crippen molar-refractivity contribution >= 4 is 12.2 Å². The molecule has 0 saturated carbocycles. The fourth-order valence-electron chi connectivity index (χ4n) is 3.55. The van der Waals surface area contributed by atoms with E-state index in [-0.39, 0.29) is 11.9 Å². The van der Waals surface area contributed by atoms with Crippen LogP contribution in [-0.4, -0.2) is 24.8 Å². The lowest BCUT2D eigenvalue weighted by Gasteiger charge is -2.20. The van der Waals surface area contributed by atoms with Gasteiger partial charge >= 0.3 is 0 Å². The van der Waals surface area contributed by atoms with Crippen molar-refractivity contribution in [1.29, 1.82) is 0 Å². The Hall–Kier alpha value is -3.38. The van der Waals surface area contributed by atoms with Crippen LogP contribution in [0.5, 0.6) is 0 Å². The van der Waals surface area contributed by atoms with E-state index in [1.54, 1.807) is 24.3 Å². The van der Waals surface area contributed by atoms with E-state index in [1.807, 2.05) is 25.1 Å². The van der Waals surface area contributed by atoms with E-state index in [0.717, 1.165) is 11.6 Å². The maximum atomic E-state index is 13.6. The highest BCUT2D eigenvalue weighted by atomic mass is 19.1. The van der Waals surface area contributed by atoms with Gasteiger partial charge in [-0.05, 0) is 61.7 Å². The summed E-state index contributed by atoms with van der Waals surface area (Å²) in [5.41, 5.74) is 3.71. The summed E-state index contributed by atoms with van der Waals surface area (Å²) in [6, 6.07) is 17.5. The number of amides is 1. The van der Waals surface area contributed by atoms with Gasteiger partial charge in [-0.1, -0.05) is 42.0 Å². The molecule has 0 heterocycles. The second-order valence-corrected chi connectivity index (χ2v) is 7.85. The summed E-state index contributed by atoms with van der Waals surface area (Å²) in [4.78, 5) is 23.5. The third kappa shape index (κ3) is 7.10. The van der Waals surface area contributed by atoms with Crippen LogP contribution in [0, 0.1) is 18.6 Å². The van der Waals surface area contributed by atoms with Crippen LogP contribution >= 0.6 is 0 Å². The van der Waals surface area contributed by atoms with Gasteiger partial charge in [-0.3, -0.25) is 9.59 Å². The largest absolute Gasteiger partial charge is 0.349 e. The molecule has 0 radical (unpaired) electrons. The van der Waals surface area contributed by atoms with Gasteiger partial charge < -0.3 is 10.6 Å².